The molecule has 0 aliphatic carbocycles. The number of ether oxygens (including phenoxy) is 6. The highest BCUT2D eigenvalue weighted by atomic mass is 16.8. The van der Waals surface area contributed by atoms with Gasteiger partial charge in [0.15, 0.2) is 18.9 Å². The van der Waals surface area contributed by atoms with Crippen molar-refractivity contribution in [1.29, 1.82) is 0 Å². The molecule has 0 aromatic heterocycles. The molecule has 3 aliphatic heterocycles. The van der Waals surface area contributed by atoms with Crippen LogP contribution in [-0.4, -0.2) is 193 Å². The van der Waals surface area contributed by atoms with Crippen LogP contribution in [0.1, 0.15) is 123 Å². The van der Waals surface area contributed by atoms with E-state index in [0.717, 1.165) is 25.7 Å². The molecule has 0 aromatic rings. The van der Waals surface area contributed by atoms with E-state index < -0.39 is 124 Å². The lowest BCUT2D eigenvalue weighted by atomic mass is 9.96. The van der Waals surface area contributed by atoms with E-state index in [9.17, 15) is 61.0 Å². The van der Waals surface area contributed by atoms with Crippen LogP contribution in [0.3, 0.4) is 0 Å². The van der Waals surface area contributed by atoms with E-state index in [1.165, 1.54) is 70.6 Å². The van der Waals surface area contributed by atoms with E-state index in [1.807, 2.05) is 13.0 Å². The fraction of sp³-hybridized carbons (Fsp3) is 0.930. The average molecular weight is 898 g/mol. The highest BCUT2D eigenvalue weighted by Crippen LogP contribution is 2.33. The Balaban J connectivity index is 1.49. The maximum absolute atomic E-state index is 12.6. The summed E-state index contributed by atoms with van der Waals surface area (Å²) in [6.45, 7) is 1.30. The second-order valence-electron chi connectivity index (χ2n) is 16.9. The Morgan fingerprint density at radius 1 is 0.565 bits per heavy atom. The summed E-state index contributed by atoms with van der Waals surface area (Å²) in [6, 6.07) is -0.961. The van der Waals surface area contributed by atoms with Gasteiger partial charge in [-0.05, 0) is 19.3 Å². The minimum atomic E-state index is -1.97. The number of aliphatic hydroxyl groups is 11. The van der Waals surface area contributed by atoms with Gasteiger partial charge in [-0.15, -0.1) is 0 Å². The van der Waals surface area contributed by atoms with Gasteiger partial charge in [0.25, 0.3) is 0 Å². The molecule has 3 saturated heterocycles. The smallest absolute Gasteiger partial charge is 0.220 e. The number of hydrogen-bond acceptors (Lipinski definition) is 18. The highest BCUT2D eigenvalue weighted by molar-refractivity contribution is 5.76. The fourth-order valence-corrected chi connectivity index (χ4v) is 7.94. The molecule has 0 radical (unpaired) electrons. The zero-order chi connectivity index (χ0) is 45.6. The normalized spacial score (nSPS) is 35.3. The molecule has 17 atom stereocenters. The van der Waals surface area contributed by atoms with Crippen LogP contribution in [0.4, 0.5) is 0 Å². The number of nitrogens with one attached hydrogen (secondary N) is 1. The number of allylic oxidation sites excluding steroid dienone is 1. The molecule has 0 saturated carbocycles. The molecule has 3 rings (SSSR count). The third kappa shape index (κ3) is 17.1. The monoisotopic (exact) mass is 898 g/mol. The van der Waals surface area contributed by atoms with Crippen LogP contribution in [0.15, 0.2) is 12.2 Å². The topological polar surface area (TPSA) is 307 Å². The molecule has 364 valence electrons. The van der Waals surface area contributed by atoms with Crippen molar-refractivity contribution < 1.29 is 89.4 Å². The van der Waals surface area contributed by atoms with Gasteiger partial charge in [-0.25, -0.2) is 0 Å². The summed E-state index contributed by atoms with van der Waals surface area (Å²) in [5.41, 5.74) is 0. The minimum absolute atomic E-state index is 0.195. The molecule has 1 amide bonds. The van der Waals surface area contributed by atoms with Gasteiger partial charge < -0.3 is 89.9 Å². The van der Waals surface area contributed by atoms with E-state index in [1.54, 1.807) is 6.08 Å². The van der Waals surface area contributed by atoms with Crippen LogP contribution in [-0.2, 0) is 33.2 Å². The molecule has 17 unspecified atom stereocenters. The summed E-state index contributed by atoms with van der Waals surface area (Å²) in [5.74, 6) is -0.331. The highest BCUT2D eigenvalue weighted by Gasteiger charge is 2.53. The van der Waals surface area contributed by atoms with Gasteiger partial charge in [-0.3, -0.25) is 4.79 Å². The van der Waals surface area contributed by atoms with Gasteiger partial charge in [0, 0.05) is 6.42 Å². The van der Waals surface area contributed by atoms with Crippen molar-refractivity contribution in [1.82, 2.24) is 5.32 Å². The maximum Gasteiger partial charge on any atom is 0.220 e. The standard InChI is InChI=1S/C43H79NO18/c1-3-5-6-7-8-9-10-11-12-13-14-15-16-17-18-19-21-27(48)26(44-31(49)20-4-2)25-57-41-37(55)34(52)39(29(23-46)59-41)62-43-38(56)35(53)40(30(24-47)60-43)61-42-36(54)33(51)32(50)28(22-45)58-42/h19,21,26-30,32-43,45-48,50-56H,3-18,20,22-25H2,1-2H3,(H,44,49)/b21-19+. The van der Waals surface area contributed by atoms with E-state index in [4.69, 9.17) is 28.4 Å². The van der Waals surface area contributed by atoms with Crippen LogP contribution < -0.4 is 5.32 Å². The third-order valence-electron chi connectivity index (χ3n) is 11.8. The molecular formula is C43H79NO18. The predicted octanol–water partition coefficient (Wildman–Crippen LogP) is -0.475. The molecule has 19 heteroatoms. The van der Waals surface area contributed by atoms with Crippen LogP contribution in [0.2, 0.25) is 0 Å². The number of carbonyl (C=O) groups is 1. The van der Waals surface area contributed by atoms with E-state index in [0.29, 0.717) is 6.42 Å². The maximum atomic E-state index is 12.6. The SMILES string of the molecule is CCCCCCCCCCCCCCCC/C=C/C(O)C(COC1OC(CO)C(OC2OC(CO)C(OC3OC(CO)C(O)C(O)C3O)C(O)C2O)C(O)C1O)NC(=O)CCC. The second-order valence-corrected chi connectivity index (χ2v) is 16.9. The summed E-state index contributed by atoms with van der Waals surface area (Å²) in [6.07, 6.45) is -4.26. The van der Waals surface area contributed by atoms with Gasteiger partial charge in [0.05, 0.1) is 38.6 Å². The predicted molar refractivity (Wildman–Crippen MR) is 222 cm³/mol. The lowest BCUT2D eigenvalue weighted by Gasteiger charge is -2.48. The summed E-state index contributed by atoms with van der Waals surface area (Å²) < 4.78 is 33.7. The molecule has 12 N–H and O–H groups in total. The van der Waals surface area contributed by atoms with E-state index >= 15 is 0 Å². The number of hydrogen-bond donors (Lipinski definition) is 12. The van der Waals surface area contributed by atoms with Crippen LogP contribution >= 0.6 is 0 Å². The Kier molecular flexibility index (Phi) is 26.5. The summed E-state index contributed by atoms with van der Waals surface area (Å²) in [4.78, 5) is 12.6. The largest absolute Gasteiger partial charge is 0.394 e. The number of amides is 1. The van der Waals surface area contributed by atoms with Crippen molar-refractivity contribution >= 4 is 5.91 Å². The Morgan fingerprint density at radius 3 is 1.48 bits per heavy atom. The average Bonchev–Trinajstić information content (AvgIpc) is 3.26. The van der Waals surface area contributed by atoms with E-state index in [-0.39, 0.29) is 18.9 Å². The van der Waals surface area contributed by atoms with Crippen LogP contribution in [0, 0.1) is 0 Å². The van der Waals surface area contributed by atoms with Crippen LogP contribution in [0.25, 0.3) is 0 Å². The van der Waals surface area contributed by atoms with Crippen molar-refractivity contribution in [2.75, 3.05) is 26.4 Å². The minimum Gasteiger partial charge on any atom is -0.394 e. The molecule has 0 bridgehead atoms. The number of aliphatic hydroxyl groups excluding tert-OH is 11. The lowest BCUT2D eigenvalue weighted by Crippen LogP contribution is -2.66. The first-order valence-electron chi connectivity index (χ1n) is 22.9. The van der Waals surface area contributed by atoms with Crippen molar-refractivity contribution in [2.24, 2.45) is 0 Å². The molecule has 0 aromatic carbocycles. The molecule has 19 nitrogen and oxygen atoms in total. The van der Waals surface area contributed by atoms with Gasteiger partial charge in [-0.2, -0.15) is 0 Å². The first-order chi connectivity index (χ1) is 29.8. The number of rotatable bonds is 30. The first-order valence-corrected chi connectivity index (χ1v) is 22.9. The molecular weight excluding hydrogens is 818 g/mol. The van der Waals surface area contributed by atoms with Crippen LogP contribution in [0.5, 0.6) is 0 Å². The van der Waals surface area contributed by atoms with Crippen molar-refractivity contribution in [3.8, 4) is 0 Å². The van der Waals surface area contributed by atoms with Crippen molar-refractivity contribution in [3.05, 3.63) is 12.2 Å². The quantitative estimate of drug-likeness (QED) is 0.0320. The fourth-order valence-electron chi connectivity index (χ4n) is 7.94. The Bertz CT molecular complexity index is 1220. The third-order valence-corrected chi connectivity index (χ3v) is 11.8. The second kappa shape index (κ2) is 29.9. The Hall–Kier alpha value is -1.47. The number of carbonyl (C=O) groups excluding carboxylic acids is 1. The zero-order valence-corrected chi connectivity index (χ0v) is 36.6. The van der Waals surface area contributed by atoms with Gasteiger partial charge in [-0.1, -0.05) is 109 Å². The molecule has 62 heavy (non-hydrogen) atoms. The molecule has 3 heterocycles. The summed E-state index contributed by atoms with van der Waals surface area (Å²) >= 11 is 0. The first kappa shape index (κ1) is 54.9. The Morgan fingerprint density at radius 2 is 1.00 bits per heavy atom. The molecule has 3 fully saturated rings. The summed E-state index contributed by atoms with van der Waals surface area (Å²) in [7, 11) is 0. The van der Waals surface area contributed by atoms with Crippen molar-refractivity contribution in [2.45, 2.75) is 227 Å². The Labute approximate surface area is 365 Å². The zero-order valence-electron chi connectivity index (χ0n) is 36.6. The molecule has 3 aliphatic rings. The number of unbranched alkanes of at least 4 members (excludes halogenated alkanes) is 14. The van der Waals surface area contributed by atoms with Gasteiger partial charge in [0.1, 0.15) is 73.2 Å². The molecule has 0 spiro atoms. The summed E-state index contributed by atoms with van der Waals surface area (Å²) in [5, 5.41) is 118. The lowest BCUT2D eigenvalue weighted by molar-refractivity contribution is -0.379. The van der Waals surface area contributed by atoms with Gasteiger partial charge >= 0.3 is 0 Å². The van der Waals surface area contributed by atoms with Crippen molar-refractivity contribution in [3.63, 3.8) is 0 Å². The van der Waals surface area contributed by atoms with Gasteiger partial charge in [0.2, 0.25) is 5.91 Å². The van der Waals surface area contributed by atoms with E-state index in [2.05, 4.69) is 12.2 Å².